The fraction of sp³-hybridized carbons (Fsp3) is 0.636. The van der Waals surface area contributed by atoms with Crippen LogP contribution in [0.25, 0.3) is 0 Å². The van der Waals surface area contributed by atoms with Gasteiger partial charge < -0.3 is 14.2 Å². The van der Waals surface area contributed by atoms with Gasteiger partial charge in [0.15, 0.2) is 0 Å². The summed E-state index contributed by atoms with van der Waals surface area (Å²) in [5.74, 6) is -0.420. The van der Waals surface area contributed by atoms with E-state index < -0.39 is 5.97 Å². The molecule has 0 saturated carbocycles. The molecule has 6 heteroatoms. The Kier molecular flexibility index (Phi) is 10.0. The summed E-state index contributed by atoms with van der Waals surface area (Å²) < 4.78 is 15.0. The van der Waals surface area contributed by atoms with Crippen LogP contribution in [0.1, 0.15) is 6.92 Å². The van der Waals surface area contributed by atoms with Crippen LogP contribution in [0.5, 0.6) is 0 Å². The zero-order chi connectivity index (χ0) is 12.9. The second kappa shape index (κ2) is 11.0. The molecule has 6 nitrogen and oxygen atoms in total. The lowest BCUT2D eigenvalue weighted by Gasteiger charge is -2.06. The van der Waals surface area contributed by atoms with E-state index in [0.29, 0.717) is 38.5 Å². The molecule has 96 valence electrons. The highest BCUT2D eigenvalue weighted by atomic mass is 16.6. The van der Waals surface area contributed by atoms with Gasteiger partial charge >= 0.3 is 5.97 Å². The molecule has 0 saturated heterocycles. The van der Waals surface area contributed by atoms with Crippen molar-refractivity contribution in [3.63, 3.8) is 0 Å². The van der Waals surface area contributed by atoms with Crippen molar-refractivity contribution in [1.29, 1.82) is 0 Å². The predicted octanol–water partition coefficient (Wildman–Crippen LogP) is 0.475. The molecule has 0 radical (unpaired) electrons. The number of ether oxygens (including phenoxy) is 3. The summed E-state index contributed by atoms with van der Waals surface area (Å²) in [5, 5.41) is 0. The second-order valence-electron chi connectivity index (χ2n) is 3.11. The van der Waals surface area contributed by atoms with E-state index in [9.17, 15) is 9.59 Å². The number of carbonyl (C=O) groups excluding carboxylic acids is 2. The van der Waals surface area contributed by atoms with E-state index in [2.05, 4.69) is 11.6 Å². The molecule has 0 amide bonds. The minimum atomic E-state index is -0.420. The van der Waals surface area contributed by atoms with Gasteiger partial charge in [-0.15, -0.1) is 0 Å². The first kappa shape index (κ1) is 15.5. The van der Waals surface area contributed by atoms with Crippen LogP contribution in [0, 0.1) is 0 Å². The number of aliphatic imine (C=N–C) groups is 1. The lowest BCUT2D eigenvalue weighted by atomic mass is 10.4. The summed E-state index contributed by atoms with van der Waals surface area (Å²) in [6.45, 7) is 7.01. The number of esters is 1. The normalized spacial score (nSPS) is 9.47. The number of carbonyl (C=O) groups is 1. The van der Waals surface area contributed by atoms with Crippen LogP contribution in [0.3, 0.4) is 0 Å². The van der Waals surface area contributed by atoms with Crippen LogP contribution in [-0.2, 0) is 23.8 Å². The topological polar surface area (TPSA) is 74.2 Å². The predicted molar refractivity (Wildman–Crippen MR) is 60.4 cm³/mol. The highest BCUT2D eigenvalue weighted by molar-refractivity contribution is 5.86. The molecule has 0 unspecified atom stereocenters. The molecule has 0 spiro atoms. The average Bonchev–Trinajstić information content (AvgIpc) is 2.31. The van der Waals surface area contributed by atoms with Gasteiger partial charge in [-0.05, 0) is 6.92 Å². The van der Waals surface area contributed by atoms with Crippen molar-refractivity contribution < 1.29 is 23.8 Å². The second-order valence-corrected chi connectivity index (χ2v) is 3.11. The van der Waals surface area contributed by atoms with Crippen LogP contribution >= 0.6 is 0 Å². The maximum Gasteiger partial charge on any atom is 0.333 e. The number of nitrogens with zero attached hydrogens (tertiary/aromatic N) is 1. The maximum atomic E-state index is 10.9. The van der Waals surface area contributed by atoms with Crippen molar-refractivity contribution in [2.24, 2.45) is 4.99 Å². The van der Waals surface area contributed by atoms with Gasteiger partial charge in [0.05, 0.1) is 33.0 Å². The summed E-state index contributed by atoms with van der Waals surface area (Å²) in [6.07, 6.45) is 1.41. The molecule has 0 aliphatic carbocycles. The van der Waals surface area contributed by atoms with Gasteiger partial charge in [-0.1, -0.05) is 6.58 Å². The molecule has 0 aromatic carbocycles. The Morgan fingerprint density at radius 1 is 1.18 bits per heavy atom. The minimum Gasteiger partial charge on any atom is -0.460 e. The van der Waals surface area contributed by atoms with Crippen LogP contribution in [0.4, 0.5) is 0 Å². The highest BCUT2D eigenvalue weighted by Crippen LogP contribution is 1.91. The molecule has 0 rings (SSSR count). The number of rotatable bonds is 10. The first-order valence-corrected chi connectivity index (χ1v) is 5.20. The summed E-state index contributed by atoms with van der Waals surface area (Å²) in [5.41, 5.74) is 0.365. The van der Waals surface area contributed by atoms with Crippen molar-refractivity contribution >= 4 is 12.0 Å². The Hall–Kier alpha value is -1.49. The molecule has 0 aromatic heterocycles. The summed E-state index contributed by atoms with van der Waals surface area (Å²) in [4.78, 5) is 23.9. The van der Waals surface area contributed by atoms with Gasteiger partial charge in [0.25, 0.3) is 0 Å². The zero-order valence-electron chi connectivity index (χ0n) is 9.94. The molecule has 0 aliphatic heterocycles. The SMILES string of the molecule is C=C(C)C(=O)OCCOCCOCCN=C=O. The third-order valence-electron chi connectivity index (χ3n) is 1.59. The lowest BCUT2D eigenvalue weighted by molar-refractivity contribution is -0.140. The number of isocyanates is 1. The quantitative estimate of drug-likeness (QED) is 0.183. The minimum absolute atomic E-state index is 0.196. The van der Waals surface area contributed by atoms with Crippen molar-refractivity contribution in [3.8, 4) is 0 Å². The van der Waals surface area contributed by atoms with E-state index in [1.54, 1.807) is 6.92 Å². The largest absolute Gasteiger partial charge is 0.460 e. The molecule has 0 heterocycles. The van der Waals surface area contributed by atoms with Crippen LogP contribution in [0.2, 0.25) is 0 Å². The van der Waals surface area contributed by atoms with Crippen molar-refractivity contribution in [3.05, 3.63) is 12.2 Å². The third kappa shape index (κ3) is 10.8. The molecular formula is C11H17NO5. The summed E-state index contributed by atoms with van der Waals surface area (Å²) in [7, 11) is 0. The fourth-order valence-corrected chi connectivity index (χ4v) is 0.794. The van der Waals surface area contributed by atoms with E-state index in [1.807, 2.05) is 0 Å². The molecule has 0 N–H and O–H groups in total. The van der Waals surface area contributed by atoms with Gasteiger partial charge in [0, 0.05) is 5.57 Å². The fourth-order valence-electron chi connectivity index (χ4n) is 0.794. The molecule has 0 aliphatic rings. The smallest absolute Gasteiger partial charge is 0.333 e. The number of hydrogen-bond acceptors (Lipinski definition) is 6. The van der Waals surface area contributed by atoms with Crippen molar-refractivity contribution in [2.75, 3.05) is 39.6 Å². The highest BCUT2D eigenvalue weighted by Gasteiger charge is 2.01. The van der Waals surface area contributed by atoms with E-state index in [-0.39, 0.29) is 6.61 Å². The van der Waals surface area contributed by atoms with Gasteiger partial charge in [0.1, 0.15) is 6.61 Å². The van der Waals surface area contributed by atoms with Crippen molar-refractivity contribution in [1.82, 2.24) is 0 Å². The summed E-state index contributed by atoms with van der Waals surface area (Å²) >= 11 is 0. The van der Waals surface area contributed by atoms with Gasteiger partial charge in [0.2, 0.25) is 6.08 Å². The van der Waals surface area contributed by atoms with Crippen LogP contribution in [0.15, 0.2) is 17.1 Å². The lowest BCUT2D eigenvalue weighted by Crippen LogP contribution is -2.13. The third-order valence-corrected chi connectivity index (χ3v) is 1.59. The first-order valence-electron chi connectivity index (χ1n) is 5.20. The number of hydrogen-bond donors (Lipinski definition) is 0. The van der Waals surface area contributed by atoms with Crippen LogP contribution < -0.4 is 0 Å². The first-order chi connectivity index (χ1) is 8.18. The van der Waals surface area contributed by atoms with E-state index >= 15 is 0 Å². The maximum absolute atomic E-state index is 10.9. The van der Waals surface area contributed by atoms with Crippen molar-refractivity contribution in [2.45, 2.75) is 6.92 Å². The van der Waals surface area contributed by atoms with E-state index in [0.717, 1.165) is 0 Å². The van der Waals surface area contributed by atoms with Gasteiger partial charge in [-0.3, -0.25) is 0 Å². The molecular weight excluding hydrogens is 226 g/mol. The Labute approximate surface area is 100 Å². The zero-order valence-corrected chi connectivity index (χ0v) is 9.94. The average molecular weight is 243 g/mol. The standard InChI is InChI=1S/C11H17NO5/c1-10(2)11(14)17-8-7-16-6-5-15-4-3-12-9-13/h1,3-8H2,2H3. The molecule has 17 heavy (non-hydrogen) atoms. The Morgan fingerprint density at radius 2 is 1.76 bits per heavy atom. The molecule has 0 fully saturated rings. The van der Waals surface area contributed by atoms with Crippen LogP contribution in [-0.4, -0.2) is 51.6 Å². The van der Waals surface area contributed by atoms with Gasteiger partial charge in [-0.25, -0.2) is 14.6 Å². The molecule has 0 atom stereocenters. The molecule has 0 bridgehead atoms. The monoisotopic (exact) mass is 243 g/mol. The Bertz CT molecular complexity index is 284. The summed E-state index contributed by atoms with van der Waals surface area (Å²) in [6, 6.07) is 0. The molecule has 0 aromatic rings. The Balaban J connectivity index is 3.16. The van der Waals surface area contributed by atoms with E-state index in [1.165, 1.54) is 6.08 Å². The van der Waals surface area contributed by atoms with E-state index in [4.69, 9.17) is 14.2 Å². The van der Waals surface area contributed by atoms with Gasteiger partial charge in [-0.2, -0.15) is 0 Å². The Morgan fingerprint density at radius 3 is 2.35 bits per heavy atom.